The fourth-order valence-corrected chi connectivity index (χ4v) is 6.97. The first kappa shape index (κ1) is 23.5. The number of thiophene rings is 1. The fraction of sp³-hybridized carbons (Fsp3) is 0.370. The molecule has 5 nitrogen and oxygen atoms in total. The molecule has 1 unspecified atom stereocenters. The molecular formula is C27H32N3O2PS. The van der Waals surface area contributed by atoms with Crippen LogP contribution in [0.1, 0.15) is 35.2 Å². The van der Waals surface area contributed by atoms with E-state index in [0.29, 0.717) is 22.4 Å². The minimum absolute atomic E-state index is 0.144. The van der Waals surface area contributed by atoms with Gasteiger partial charge in [-0.3, -0.25) is 9.69 Å². The molecule has 1 amide bonds. The Morgan fingerprint density at radius 1 is 1.15 bits per heavy atom. The summed E-state index contributed by atoms with van der Waals surface area (Å²) >= 11 is 1.66. The fourth-order valence-electron chi connectivity index (χ4n) is 4.83. The number of carbonyl (C=O) groups is 1. The summed E-state index contributed by atoms with van der Waals surface area (Å²) in [4.78, 5) is 16.6. The minimum Gasteiger partial charge on any atom is -0.397 e. The quantitative estimate of drug-likeness (QED) is 0.324. The standard InChI is InChI=1S/C27H32N3O2PS/c1-33-15-12-27(19-32-33)10-13-30(14-11-27)18-20-4-6-21(7-5-20)26(31)29-24-17-22(8-9-23(24)28)25-3-2-16-34-25/h2-9,16-17H,10-15,18-19,28H2,1H3,(H,29,31). The first-order valence-corrected chi connectivity index (χ1v) is 14.7. The van der Waals surface area contributed by atoms with Crippen molar-refractivity contribution in [2.75, 3.05) is 43.6 Å². The first-order chi connectivity index (χ1) is 16.5. The minimum atomic E-state index is -0.184. The molecule has 3 aromatic rings. The van der Waals surface area contributed by atoms with Gasteiger partial charge in [0.15, 0.2) is 0 Å². The van der Waals surface area contributed by atoms with E-state index in [1.165, 1.54) is 31.0 Å². The van der Waals surface area contributed by atoms with E-state index < -0.39 is 0 Å². The van der Waals surface area contributed by atoms with Gasteiger partial charge < -0.3 is 15.6 Å². The van der Waals surface area contributed by atoms with Gasteiger partial charge in [-0.25, -0.2) is 0 Å². The van der Waals surface area contributed by atoms with Crippen molar-refractivity contribution >= 4 is 36.8 Å². The van der Waals surface area contributed by atoms with E-state index in [2.05, 4.69) is 35.1 Å². The smallest absolute Gasteiger partial charge is 0.255 e. The number of hydrogen-bond donors (Lipinski definition) is 2. The molecule has 2 saturated heterocycles. The highest BCUT2D eigenvalue weighted by Crippen LogP contribution is 2.48. The van der Waals surface area contributed by atoms with Gasteiger partial charge in [0.1, 0.15) is 0 Å². The predicted molar refractivity (Wildman–Crippen MR) is 144 cm³/mol. The van der Waals surface area contributed by atoms with E-state index in [0.717, 1.165) is 36.7 Å². The molecule has 7 heteroatoms. The summed E-state index contributed by atoms with van der Waals surface area (Å²) in [7, 11) is -0.184. The summed E-state index contributed by atoms with van der Waals surface area (Å²) in [6, 6.07) is 17.8. The predicted octanol–water partition coefficient (Wildman–Crippen LogP) is 6.28. The molecule has 3 N–H and O–H groups in total. The molecular weight excluding hydrogens is 461 g/mol. The first-order valence-electron chi connectivity index (χ1n) is 11.9. The summed E-state index contributed by atoms with van der Waals surface area (Å²) in [5.74, 6) is -0.144. The third-order valence-electron chi connectivity index (χ3n) is 7.19. The molecule has 34 heavy (non-hydrogen) atoms. The molecule has 1 spiro atoms. The van der Waals surface area contributed by atoms with Crippen molar-refractivity contribution in [2.24, 2.45) is 5.41 Å². The molecule has 1 aromatic heterocycles. The van der Waals surface area contributed by atoms with Crippen LogP contribution in [0, 0.1) is 5.41 Å². The van der Waals surface area contributed by atoms with Crippen LogP contribution in [0.4, 0.5) is 11.4 Å². The van der Waals surface area contributed by atoms with Crippen LogP contribution in [-0.2, 0) is 11.1 Å². The van der Waals surface area contributed by atoms with Crippen LogP contribution < -0.4 is 11.1 Å². The highest BCUT2D eigenvalue weighted by Gasteiger charge is 2.38. The van der Waals surface area contributed by atoms with E-state index >= 15 is 0 Å². The lowest BCUT2D eigenvalue weighted by Gasteiger charge is -2.45. The summed E-state index contributed by atoms with van der Waals surface area (Å²) < 4.78 is 6.04. The van der Waals surface area contributed by atoms with Gasteiger partial charge in [-0.1, -0.05) is 24.3 Å². The van der Waals surface area contributed by atoms with Gasteiger partial charge in [-0.2, -0.15) is 0 Å². The Kier molecular flexibility index (Phi) is 7.03. The third kappa shape index (κ3) is 5.36. The number of hydrogen-bond acceptors (Lipinski definition) is 5. The van der Waals surface area contributed by atoms with Crippen molar-refractivity contribution in [3.05, 3.63) is 71.1 Å². The van der Waals surface area contributed by atoms with Crippen LogP contribution in [0.15, 0.2) is 60.0 Å². The zero-order valence-corrected chi connectivity index (χ0v) is 21.3. The Hall–Kier alpha value is -2.24. The number of amides is 1. The van der Waals surface area contributed by atoms with Crippen LogP contribution in [0.2, 0.25) is 0 Å². The maximum Gasteiger partial charge on any atom is 0.255 e. The summed E-state index contributed by atoms with van der Waals surface area (Å²) in [5, 5.41) is 5.03. The topological polar surface area (TPSA) is 67.6 Å². The van der Waals surface area contributed by atoms with Crippen LogP contribution in [0.25, 0.3) is 10.4 Å². The molecule has 178 valence electrons. The maximum absolute atomic E-state index is 12.9. The zero-order valence-electron chi connectivity index (χ0n) is 19.6. The average Bonchev–Trinajstić information content (AvgIpc) is 3.40. The largest absolute Gasteiger partial charge is 0.397 e. The Balaban J connectivity index is 1.17. The number of nitrogens with one attached hydrogen (secondary N) is 1. The normalized spacial score (nSPS) is 20.3. The second-order valence-electron chi connectivity index (χ2n) is 9.58. The molecule has 2 aromatic carbocycles. The number of nitrogens with zero attached hydrogens (tertiary/aromatic N) is 1. The van der Waals surface area contributed by atoms with E-state index in [1.807, 2.05) is 41.8 Å². The molecule has 0 radical (unpaired) electrons. The van der Waals surface area contributed by atoms with Crippen molar-refractivity contribution in [1.82, 2.24) is 4.90 Å². The van der Waals surface area contributed by atoms with Crippen LogP contribution in [0.3, 0.4) is 0 Å². The van der Waals surface area contributed by atoms with Gasteiger partial charge in [-0.15, -0.1) is 11.3 Å². The molecule has 3 heterocycles. The number of benzene rings is 2. The number of anilines is 2. The van der Waals surface area contributed by atoms with Crippen LogP contribution in [-0.4, -0.2) is 43.3 Å². The number of carbonyl (C=O) groups excluding carboxylic acids is 1. The van der Waals surface area contributed by atoms with Gasteiger partial charge in [0.05, 0.1) is 18.0 Å². The third-order valence-corrected chi connectivity index (χ3v) is 9.54. The summed E-state index contributed by atoms with van der Waals surface area (Å²) in [6.45, 7) is 6.36. The summed E-state index contributed by atoms with van der Waals surface area (Å²) in [6.07, 6.45) is 5.03. The number of nitrogen functional groups attached to an aromatic ring is 1. The number of piperidine rings is 1. The zero-order chi connectivity index (χ0) is 23.5. The Bertz CT molecular complexity index is 1120. The van der Waals surface area contributed by atoms with Crippen molar-refractivity contribution in [3.63, 3.8) is 0 Å². The molecule has 0 saturated carbocycles. The van der Waals surface area contributed by atoms with E-state index in [9.17, 15) is 4.79 Å². The monoisotopic (exact) mass is 493 g/mol. The number of nitrogens with two attached hydrogens (primary N) is 1. The molecule has 5 rings (SSSR count). The van der Waals surface area contributed by atoms with Crippen molar-refractivity contribution in [1.29, 1.82) is 0 Å². The molecule has 2 aliphatic heterocycles. The molecule has 2 aliphatic rings. The average molecular weight is 494 g/mol. The van der Waals surface area contributed by atoms with Crippen molar-refractivity contribution in [2.45, 2.75) is 25.8 Å². The highest BCUT2D eigenvalue weighted by molar-refractivity contribution is 7.51. The van der Waals surface area contributed by atoms with Crippen molar-refractivity contribution in [3.8, 4) is 10.4 Å². The molecule has 0 aliphatic carbocycles. The molecule has 0 bridgehead atoms. The second-order valence-corrected chi connectivity index (χ2v) is 12.5. The van der Waals surface area contributed by atoms with Gasteiger partial charge >= 0.3 is 0 Å². The van der Waals surface area contributed by atoms with E-state index in [4.69, 9.17) is 10.3 Å². The highest BCUT2D eigenvalue weighted by atomic mass is 32.1. The summed E-state index contributed by atoms with van der Waals surface area (Å²) in [5.41, 5.74) is 10.7. The molecule has 2 fully saturated rings. The number of rotatable bonds is 5. The Labute approximate surface area is 207 Å². The van der Waals surface area contributed by atoms with Gasteiger partial charge in [-0.05, 0) is 97.4 Å². The second kappa shape index (κ2) is 10.2. The Morgan fingerprint density at radius 2 is 1.94 bits per heavy atom. The lowest BCUT2D eigenvalue weighted by Crippen LogP contribution is -2.43. The lowest BCUT2D eigenvalue weighted by atomic mass is 9.77. The van der Waals surface area contributed by atoms with Gasteiger partial charge in [0, 0.05) is 25.1 Å². The van der Waals surface area contributed by atoms with Gasteiger partial charge in [0.25, 0.3) is 5.91 Å². The van der Waals surface area contributed by atoms with E-state index in [1.54, 1.807) is 11.3 Å². The lowest BCUT2D eigenvalue weighted by molar-refractivity contribution is 0.0433. The SMILES string of the molecule is CP1CCC2(CCN(Cc3ccc(C(=O)Nc4cc(-c5cccs5)ccc4N)cc3)CC2)CO1. The van der Waals surface area contributed by atoms with Crippen LogP contribution >= 0.6 is 19.5 Å². The molecule has 1 atom stereocenters. The van der Waals surface area contributed by atoms with Crippen molar-refractivity contribution < 1.29 is 9.32 Å². The Morgan fingerprint density at radius 3 is 2.62 bits per heavy atom. The number of likely N-dealkylation sites (tertiary alicyclic amines) is 1. The van der Waals surface area contributed by atoms with Crippen LogP contribution in [0.5, 0.6) is 0 Å². The maximum atomic E-state index is 12.9. The van der Waals surface area contributed by atoms with E-state index in [-0.39, 0.29) is 14.1 Å². The van der Waals surface area contributed by atoms with Gasteiger partial charge in [0.2, 0.25) is 0 Å².